The first kappa shape index (κ1) is 9.28. The minimum absolute atomic E-state index is 0.00447. The Kier molecular flexibility index (Phi) is 2.54. The van der Waals surface area contributed by atoms with Crippen LogP contribution in [0.1, 0.15) is 5.01 Å². The third kappa shape index (κ3) is 2.09. The van der Waals surface area contributed by atoms with Gasteiger partial charge in [0.05, 0.1) is 0 Å². The van der Waals surface area contributed by atoms with Crippen molar-refractivity contribution in [2.75, 3.05) is 0 Å². The van der Waals surface area contributed by atoms with Crippen molar-refractivity contribution in [1.82, 2.24) is 10.2 Å². The van der Waals surface area contributed by atoms with E-state index in [0.29, 0.717) is 23.1 Å². The zero-order valence-corrected chi connectivity index (χ0v) is 6.93. The molecule has 0 unspecified atom stereocenters. The van der Waals surface area contributed by atoms with Crippen LogP contribution in [-0.2, 0) is 6.18 Å². The molecule has 0 aliphatic carbocycles. The molecule has 0 aliphatic rings. The number of rotatable bonds is 1. The number of halogens is 3. The fourth-order valence-corrected chi connectivity index (χ4v) is 1.52. The largest absolute Gasteiger partial charge is 0.445 e. The quantitative estimate of drug-likeness (QED) is 0.527. The summed E-state index contributed by atoms with van der Waals surface area (Å²) in [4.78, 5) is 0. The molecular formula is C4F3N3S2. The molecule has 0 saturated carbocycles. The molecule has 64 valence electrons. The Morgan fingerprint density at radius 1 is 1.42 bits per heavy atom. The average Bonchev–Trinajstić information content (AvgIpc) is 2.35. The van der Waals surface area contributed by atoms with Gasteiger partial charge in [0.25, 0.3) is 0 Å². The van der Waals surface area contributed by atoms with Gasteiger partial charge in [-0.05, 0) is 0 Å². The topological polar surface area (TPSA) is 49.6 Å². The maximum atomic E-state index is 11.9. The van der Waals surface area contributed by atoms with Gasteiger partial charge in [-0.1, -0.05) is 11.3 Å². The van der Waals surface area contributed by atoms with Gasteiger partial charge in [0.15, 0.2) is 4.34 Å². The summed E-state index contributed by atoms with van der Waals surface area (Å²) in [5, 5.41) is 14.7. The summed E-state index contributed by atoms with van der Waals surface area (Å²) < 4.78 is 35.6. The molecule has 0 spiro atoms. The molecule has 0 atom stereocenters. The monoisotopic (exact) mass is 211 g/mol. The third-order valence-corrected chi connectivity index (χ3v) is 2.39. The van der Waals surface area contributed by atoms with Crippen molar-refractivity contribution in [2.45, 2.75) is 10.5 Å². The predicted molar refractivity (Wildman–Crippen MR) is 36.4 cm³/mol. The van der Waals surface area contributed by atoms with Gasteiger partial charge in [0, 0.05) is 11.8 Å². The summed E-state index contributed by atoms with van der Waals surface area (Å²) in [7, 11) is 0. The van der Waals surface area contributed by atoms with Gasteiger partial charge in [-0.3, -0.25) is 0 Å². The molecule has 3 nitrogen and oxygen atoms in total. The summed E-state index contributed by atoms with van der Waals surface area (Å²) in [6.45, 7) is 0. The normalized spacial score (nSPS) is 11.2. The van der Waals surface area contributed by atoms with Crippen molar-refractivity contribution in [1.29, 1.82) is 5.26 Å². The van der Waals surface area contributed by atoms with Gasteiger partial charge in [-0.25, -0.2) is 0 Å². The van der Waals surface area contributed by atoms with Crippen LogP contribution in [0.4, 0.5) is 13.2 Å². The highest BCUT2D eigenvalue weighted by Gasteiger charge is 2.35. The van der Waals surface area contributed by atoms with E-state index in [2.05, 4.69) is 10.2 Å². The lowest BCUT2D eigenvalue weighted by Crippen LogP contribution is -2.03. The highest BCUT2D eigenvalue weighted by atomic mass is 32.2. The minimum Gasteiger partial charge on any atom is -0.185 e. The van der Waals surface area contributed by atoms with Gasteiger partial charge >= 0.3 is 6.18 Å². The standard InChI is InChI=1S/C4F3N3S2/c5-4(6,7)2-9-10-3(12-2)11-1-8. The van der Waals surface area contributed by atoms with E-state index >= 15 is 0 Å². The van der Waals surface area contributed by atoms with E-state index in [1.54, 1.807) is 5.40 Å². The highest BCUT2D eigenvalue weighted by molar-refractivity contribution is 8.05. The number of aromatic nitrogens is 2. The summed E-state index contributed by atoms with van der Waals surface area (Å²) in [6, 6.07) is 0. The number of alkyl halides is 3. The lowest BCUT2D eigenvalue weighted by molar-refractivity contribution is -0.138. The molecule has 1 heterocycles. The van der Waals surface area contributed by atoms with Crippen LogP contribution in [-0.4, -0.2) is 10.2 Å². The summed E-state index contributed by atoms with van der Waals surface area (Å²) in [5.74, 6) is 0. The van der Waals surface area contributed by atoms with E-state index in [9.17, 15) is 13.2 Å². The molecule has 1 aromatic rings. The lowest BCUT2D eigenvalue weighted by Gasteiger charge is -1.96. The van der Waals surface area contributed by atoms with E-state index < -0.39 is 11.2 Å². The summed E-state index contributed by atoms with van der Waals surface area (Å²) in [5.41, 5.74) is 0. The van der Waals surface area contributed by atoms with Crippen LogP contribution in [0, 0.1) is 10.7 Å². The second kappa shape index (κ2) is 3.28. The number of nitriles is 1. The molecule has 0 aliphatic heterocycles. The molecule has 0 aromatic carbocycles. The van der Waals surface area contributed by atoms with Gasteiger partial charge in [-0.15, -0.1) is 10.2 Å². The maximum Gasteiger partial charge on any atom is 0.445 e. The predicted octanol–water partition coefficient (Wildman–Crippen LogP) is 2.13. The van der Waals surface area contributed by atoms with Crippen LogP contribution in [0.5, 0.6) is 0 Å². The SMILES string of the molecule is N#CSc1nnc(C(F)(F)F)s1. The Labute approximate surface area is 73.2 Å². The van der Waals surface area contributed by atoms with Crippen LogP contribution >= 0.6 is 23.1 Å². The van der Waals surface area contributed by atoms with Gasteiger partial charge < -0.3 is 0 Å². The number of thiocyanates is 1. The molecule has 0 fully saturated rings. The van der Waals surface area contributed by atoms with Crippen molar-refractivity contribution < 1.29 is 13.2 Å². The molecule has 0 radical (unpaired) electrons. The van der Waals surface area contributed by atoms with Crippen LogP contribution in [0.3, 0.4) is 0 Å². The van der Waals surface area contributed by atoms with Crippen LogP contribution in [0.25, 0.3) is 0 Å². The molecule has 12 heavy (non-hydrogen) atoms. The Balaban J connectivity index is 2.86. The number of hydrogen-bond acceptors (Lipinski definition) is 5. The van der Waals surface area contributed by atoms with E-state index in [1.165, 1.54) is 0 Å². The van der Waals surface area contributed by atoms with Gasteiger partial charge in [0.1, 0.15) is 5.40 Å². The van der Waals surface area contributed by atoms with E-state index in [4.69, 9.17) is 5.26 Å². The van der Waals surface area contributed by atoms with Gasteiger partial charge in [-0.2, -0.15) is 18.4 Å². The molecule has 0 N–H and O–H groups in total. The first-order valence-corrected chi connectivity index (χ1v) is 4.14. The van der Waals surface area contributed by atoms with Crippen LogP contribution < -0.4 is 0 Å². The molecule has 8 heteroatoms. The summed E-state index contributed by atoms with van der Waals surface area (Å²) in [6.07, 6.45) is -4.47. The number of thioether (sulfide) groups is 1. The van der Waals surface area contributed by atoms with Crippen LogP contribution in [0.15, 0.2) is 4.34 Å². The fraction of sp³-hybridized carbons (Fsp3) is 0.250. The van der Waals surface area contributed by atoms with E-state index in [1.807, 2.05) is 0 Å². The maximum absolute atomic E-state index is 11.9. The van der Waals surface area contributed by atoms with E-state index in [-0.39, 0.29) is 4.34 Å². The average molecular weight is 211 g/mol. The van der Waals surface area contributed by atoms with Crippen molar-refractivity contribution >= 4 is 23.1 Å². The Morgan fingerprint density at radius 3 is 2.50 bits per heavy atom. The highest BCUT2D eigenvalue weighted by Crippen LogP contribution is 2.33. The Hall–Kier alpha value is -0.810. The molecular weight excluding hydrogens is 211 g/mol. The number of hydrogen-bond donors (Lipinski definition) is 0. The smallest absolute Gasteiger partial charge is 0.185 e. The molecule has 0 saturated heterocycles. The van der Waals surface area contributed by atoms with Gasteiger partial charge in [0.2, 0.25) is 5.01 Å². The zero-order chi connectivity index (χ0) is 9.19. The van der Waals surface area contributed by atoms with Crippen LogP contribution in [0.2, 0.25) is 0 Å². The third-order valence-electron chi connectivity index (χ3n) is 0.782. The van der Waals surface area contributed by atoms with Crippen molar-refractivity contribution in [3.63, 3.8) is 0 Å². The first-order chi connectivity index (χ1) is 5.54. The second-order valence-electron chi connectivity index (χ2n) is 1.56. The fourth-order valence-electron chi connectivity index (χ4n) is 0.405. The Morgan fingerprint density at radius 2 is 2.08 bits per heavy atom. The Bertz CT molecular complexity index is 312. The van der Waals surface area contributed by atoms with Crippen molar-refractivity contribution in [2.24, 2.45) is 0 Å². The van der Waals surface area contributed by atoms with Crippen molar-refractivity contribution in [3.05, 3.63) is 5.01 Å². The minimum atomic E-state index is -4.47. The second-order valence-corrected chi connectivity index (χ2v) is 3.57. The molecule has 0 bridgehead atoms. The molecule has 1 rings (SSSR count). The summed E-state index contributed by atoms with van der Waals surface area (Å²) >= 11 is 0.920. The molecule has 1 aromatic heterocycles. The lowest BCUT2D eigenvalue weighted by atomic mass is 10.7. The van der Waals surface area contributed by atoms with E-state index in [0.717, 1.165) is 0 Å². The number of nitrogens with zero attached hydrogens (tertiary/aromatic N) is 3. The zero-order valence-electron chi connectivity index (χ0n) is 5.29. The first-order valence-electron chi connectivity index (χ1n) is 2.50. The van der Waals surface area contributed by atoms with Crippen molar-refractivity contribution in [3.8, 4) is 5.40 Å². The molecule has 0 amide bonds.